The standard InChI is InChI=1S/C10H12F3N3O/c1-9(2,8(14)17)16-7-5-3-4-6(15-7)10(11,12)13/h3-5H,1-2H3,(H2,14,17)(H,15,16). The zero-order valence-corrected chi connectivity index (χ0v) is 9.30. The molecule has 0 aromatic carbocycles. The molecule has 1 aromatic rings. The van der Waals surface area contributed by atoms with E-state index in [-0.39, 0.29) is 5.82 Å². The minimum atomic E-state index is -4.52. The van der Waals surface area contributed by atoms with Crippen LogP contribution in [-0.4, -0.2) is 16.4 Å². The Morgan fingerprint density at radius 1 is 1.35 bits per heavy atom. The smallest absolute Gasteiger partial charge is 0.368 e. The van der Waals surface area contributed by atoms with E-state index in [4.69, 9.17) is 5.73 Å². The molecule has 0 fully saturated rings. The van der Waals surface area contributed by atoms with Crippen molar-refractivity contribution in [2.75, 3.05) is 5.32 Å². The lowest BCUT2D eigenvalue weighted by Gasteiger charge is -2.23. The van der Waals surface area contributed by atoms with E-state index in [1.54, 1.807) is 0 Å². The number of alkyl halides is 3. The number of hydrogen-bond donors (Lipinski definition) is 2. The van der Waals surface area contributed by atoms with Gasteiger partial charge in [-0.3, -0.25) is 4.79 Å². The number of halogens is 3. The number of pyridine rings is 1. The number of nitrogens with one attached hydrogen (secondary N) is 1. The molecule has 0 saturated heterocycles. The molecule has 0 aliphatic carbocycles. The van der Waals surface area contributed by atoms with E-state index in [2.05, 4.69) is 10.3 Å². The average molecular weight is 247 g/mol. The van der Waals surface area contributed by atoms with E-state index in [1.165, 1.54) is 26.0 Å². The maximum Gasteiger partial charge on any atom is 0.433 e. The van der Waals surface area contributed by atoms with Gasteiger partial charge >= 0.3 is 6.18 Å². The summed E-state index contributed by atoms with van der Waals surface area (Å²) in [4.78, 5) is 14.4. The summed E-state index contributed by atoms with van der Waals surface area (Å²) in [6, 6.07) is 3.39. The van der Waals surface area contributed by atoms with Gasteiger partial charge in [-0.1, -0.05) is 6.07 Å². The summed E-state index contributed by atoms with van der Waals surface area (Å²) in [6.07, 6.45) is -4.52. The summed E-state index contributed by atoms with van der Waals surface area (Å²) >= 11 is 0. The van der Waals surface area contributed by atoms with Crippen molar-refractivity contribution in [2.24, 2.45) is 5.73 Å². The van der Waals surface area contributed by atoms with Gasteiger partial charge in [-0.2, -0.15) is 13.2 Å². The molecule has 1 rings (SSSR count). The second-order valence-corrected chi connectivity index (χ2v) is 4.02. The molecule has 1 heterocycles. The molecule has 0 aliphatic rings. The van der Waals surface area contributed by atoms with E-state index in [9.17, 15) is 18.0 Å². The molecule has 1 amide bonds. The molecule has 17 heavy (non-hydrogen) atoms. The van der Waals surface area contributed by atoms with Crippen LogP contribution in [0.25, 0.3) is 0 Å². The molecule has 0 radical (unpaired) electrons. The van der Waals surface area contributed by atoms with Gasteiger partial charge in [0.1, 0.15) is 17.1 Å². The number of amides is 1. The van der Waals surface area contributed by atoms with Crippen LogP contribution in [0.15, 0.2) is 18.2 Å². The summed E-state index contributed by atoms with van der Waals surface area (Å²) < 4.78 is 37.1. The minimum Gasteiger partial charge on any atom is -0.368 e. The van der Waals surface area contributed by atoms with Crippen molar-refractivity contribution in [3.05, 3.63) is 23.9 Å². The maximum atomic E-state index is 12.4. The van der Waals surface area contributed by atoms with E-state index < -0.39 is 23.3 Å². The Labute approximate surface area is 96.0 Å². The normalized spacial score (nSPS) is 12.3. The fourth-order valence-corrected chi connectivity index (χ4v) is 1.04. The molecule has 0 bridgehead atoms. The highest BCUT2D eigenvalue weighted by molar-refractivity contribution is 5.86. The number of rotatable bonds is 3. The quantitative estimate of drug-likeness (QED) is 0.855. The lowest BCUT2D eigenvalue weighted by molar-refractivity contribution is -0.141. The second-order valence-electron chi connectivity index (χ2n) is 4.02. The Hall–Kier alpha value is -1.79. The topological polar surface area (TPSA) is 68.0 Å². The van der Waals surface area contributed by atoms with Gasteiger partial charge in [0, 0.05) is 0 Å². The number of carbonyl (C=O) groups is 1. The number of aromatic nitrogens is 1. The predicted octanol–water partition coefficient (Wildman–Crippen LogP) is 1.78. The molecular weight excluding hydrogens is 235 g/mol. The lowest BCUT2D eigenvalue weighted by Crippen LogP contribution is -2.45. The summed E-state index contributed by atoms with van der Waals surface area (Å²) in [6.45, 7) is 2.91. The van der Waals surface area contributed by atoms with Crippen LogP contribution >= 0.6 is 0 Å². The summed E-state index contributed by atoms with van der Waals surface area (Å²) in [5.41, 5.74) is 2.90. The van der Waals surface area contributed by atoms with Crippen molar-refractivity contribution in [3.63, 3.8) is 0 Å². The van der Waals surface area contributed by atoms with Crippen LogP contribution in [0.4, 0.5) is 19.0 Å². The van der Waals surface area contributed by atoms with Gasteiger partial charge in [-0.25, -0.2) is 4.98 Å². The first-order valence-electron chi connectivity index (χ1n) is 4.75. The van der Waals surface area contributed by atoms with Gasteiger partial charge < -0.3 is 11.1 Å². The Bertz CT molecular complexity index is 429. The van der Waals surface area contributed by atoms with Crippen molar-refractivity contribution in [2.45, 2.75) is 25.6 Å². The molecule has 0 saturated carbocycles. The van der Waals surface area contributed by atoms with Gasteiger partial charge in [0.2, 0.25) is 5.91 Å². The van der Waals surface area contributed by atoms with Crippen molar-refractivity contribution in [1.82, 2.24) is 4.98 Å². The van der Waals surface area contributed by atoms with E-state index in [0.29, 0.717) is 0 Å². The van der Waals surface area contributed by atoms with Crippen LogP contribution in [0, 0.1) is 0 Å². The Morgan fingerprint density at radius 3 is 2.41 bits per heavy atom. The number of carbonyl (C=O) groups excluding carboxylic acids is 1. The fraction of sp³-hybridized carbons (Fsp3) is 0.400. The lowest BCUT2D eigenvalue weighted by atomic mass is 10.1. The maximum absolute atomic E-state index is 12.4. The highest BCUT2D eigenvalue weighted by Gasteiger charge is 2.33. The molecule has 1 aromatic heterocycles. The number of primary amides is 1. The first kappa shape index (κ1) is 13.3. The van der Waals surface area contributed by atoms with Crippen molar-refractivity contribution < 1.29 is 18.0 Å². The zero-order valence-electron chi connectivity index (χ0n) is 9.30. The van der Waals surface area contributed by atoms with Crippen LogP contribution in [-0.2, 0) is 11.0 Å². The summed E-state index contributed by atoms with van der Waals surface area (Å²) in [7, 11) is 0. The number of anilines is 1. The van der Waals surface area contributed by atoms with Crippen LogP contribution in [0.3, 0.4) is 0 Å². The SMILES string of the molecule is CC(C)(Nc1cccc(C(F)(F)F)n1)C(N)=O. The predicted molar refractivity (Wildman–Crippen MR) is 56.1 cm³/mol. The monoisotopic (exact) mass is 247 g/mol. The third-order valence-electron chi connectivity index (χ3n) is 2.10. The first-order chi connectivity index (χ1) is 7.63. The first-order valence-corrected chi connectivity index (χ1v) is 4.75. The van der Waals surface area contributed by atoms with Crippen LogP contribution in [0.2, 0.25) is 0 Å². The van der Waals surface area contributed by atoms with E-state index >= 15 is 0 Å². The molecule has 0 aliphatic heterocycles. The largest absolute Gasteiger partial charge is 0.433 e. The van der Waals surface area contributed by atoms with Gasteiger partial charge in [0.25, 0.3) is 0 Å². The fourth-order valence-electron chi connectivity index (χ4n) is 1.04. The molecule has 7 heteroatoms. The highest BCUT2D eigenvalue weighted by atomic mass is 19.4. The summed E-state index contributed by atoms with van der Waals surface area (Å²) in [5.74, 6) is -0.736. The Balaban J connectivity index is 2.98. The molecule has 0 spiro atoms. The minimum absolute atomic E-state index is 0.0522. The Morgan fingerprint density at radius 2 is 1.94 bits per heavy atom. The molecule has 94 valence electrons. The van der Waals surface area contributed by atoms with Crippen LogP contribution in [0.1, 0.15) is 19.5 Å². The van der Waals surface area contributed by atoms with Gasteiger partial charge in [0.05, 0.1) is 0 Å². The highest BCUT2D eigenvalue weighted by Crippen LogP contribution is 2.28. The Kier molecular flexibility index (Phi) is 3.30. The third-order valence-corrected chi connectivity index (χ3v) is 2.10. The van der Waals surface area contributed by atoms with Crippen LogP contribution < -0.4 is 11.1 Å². The molecule has 0 atom stereocenters. The molecule has 3 N–H and O–H groups in total. The van der Waals surface area contributed by atoms with Crippen LogP contribution in [0.5, 0.6) is 0 Å². The molecular formula is C10H12F3N3O. The van der Waals surface area contributed by atoms with Crippen molar-refractivity contribution >= 4 is 11.7 Å². The number of hydrogen-bond acceptors (Lipinski definition) is 3. The van der Waals surface area contributed by atoms with Gasteiger partial charge in [-0.15, -0.1) is 0 Å². The summed E-state index contributed by atoms with van der Waals surface area (Å²) in [5, 5.41) is 2.54. The zero-order chi connectivity index (χ0) is 13.3. The van der Waals surface area contributed by atoms with Crippen molar-refractivity contribution in [3.8, 4) is 0 Å². The molecule has 0 unspecified atom stereocenters. The van der Waals surface area contributed by atoms with Gasteiger partial charge in [-0.05, 0) is 26.0 Å². The second kappa shape index (κ2) is 4.23. The average Bonchev–Trinajstić information content (AvgIpc) is 2.15. The van der Waals surface area contributed by atoms with Crippen molar-refractivity contribution in [1.29, 1.82) is 0 Å². The number of nitrogens with zero attached hydrogens (tertiary/aromatic N) is 1. The van der Waals surface area contributed by atoms with E-state index in [0.717, 1.165) is 6.07 Å². The van der Waals surface area contributed by atoms with Gasteiger partial charge in [0.15, 0.2) is 0 Å². The van der Waals surface area contributed by atoms with E-state index in [1.807, 2.05) is 0 Å². The molecule has 4 nitrogen and oxygen atoms in total. The third kappa shape index (κ3) is 3.33. The number of nitrogens with two attached hydrogens (primary N) is 1.